The Balaban J connectivity index is 1.98. The monoisotopic (exact) mass is 226 g/mol. The molecule has 2 unspecified atom stereocenters. The van der Waals surface area contributed by atoms with Crippen LogP contribution < -0.4 is 5.32 Å². The lowest BCUT2D eigenvalue weighted by Crippen LogP contribution is -2.37. The van der Waals surface area contributed by atoms with E-state index in [1.165, 1.54) is 18.6 Å². The van der Waals surface area contributed by atoms with Crippen molar-refractivity contribution in [2.45, 2.75) is 30.6 Å². The highest BCUT2D eigenvalue weighted by atomic mass is 32.2. The fraction of sp³-hybridized carbons (Fsp3) is 0.800. The van der Waals surface area contributed by atoms with Crippen LogP contribution in [0.3, 0.4) is 0 Å². The Hall–Kier alpha value is -0.550. The Morgan fingerprint density at radius 3 is 3.13 bits per heavy atom. The molecule has 2 atom stereocenters. The molecule has 0 spiro atoms. The van der Waals surface area contributed by atoms with Gasteiger partial charge in [-0.3, -0.25) is 4.68 Å². The summed E-state index contributed by atoms with van der Waals surface area (Å²) in [4.78, 5) is 4.28. The molecule has 0 aromatic carbocycles. The first kappa shape index (κ1) is 11.0. The summed E-state index contributed by atoms with van der Waals surface area (Å²) < 4.78 is 1.87. The number of nitrogens with zero attached hydrogens (tertiary/aromatic N) is 3. The zero-order chi connectivity index (χ0) is 10.7. The van der Waals surface area contributed by atoms with Gasteiger partial charge in [0.15, 0.2) is 0 Å². The third kappa shape index (κ3) is 2.52. The molecular formula is C10H18N4S. The first-order chi connectivity index (χ1) is 7.31. The number of hydrogen-bond acceptors (Lipinski definition) is 4. The van der Waals surface area contributed by atoms with E-state index in [0.717, 1.165) is 17.5 Å². The first-order valence-corrected chi connectivity index (χ1v) is 6.48. The number of hydrogen-bond donors (Lipinski definition) is 1. The minimum atomic E-state index is 0.528. The summed E-state index contributed by atoms with van der Waals surface area (Å²) >= 11 is 2.08. The maximum absolute atomic E-state index is 4.28. The van der Waals surface area contributed by atoms with E-state index in [-0.39, 0.29) is 0 Å². The molecule has 84 valence electrons. The maximum atomic E-state index is 4.28. The molecule has 1 aliphatic rings. The summed E-state index contributed by atoms with van der Waals surface area (Å²) in [6.45, 7) is 0. The summed E-state index contributed by atoms with van der Waals surface area (Å²) in [7, 11) is 4.00. The standard InChI is InChI=1S/C10H18N4S/c1-11-8(9-4-3-5-15-9)6-10-12-7-13-14(10)2/h7-9,11H,3-6H2,1-2H3. The van der Waals surface area contributed by atoms with Gasteiger partial charge in [0.2, 0.25) is 0 Å². The molecule has 4 nitrogen and oxygen atoms in total. The van der Waals surface area contributed by atoms with E-state index in [1.807, 2.05) is 18.8 Å². The number of aryl methyl sites for hydroxylation is 1. The van der Waals surface area contributed by atoms with Crippen molar-refractivity contribution in [1.82, 2.24) is 20.1 Å². The summed E-state index contributed by atoms with van der Waals surface area (Å²) in [5, 5.41) is 8.25. The van der Waals surface area contributed by atoms with Crippen molar-refractivity contribution in [3.63, 3.8) is 0 Å². The molecule has 1 aromatic heterocycles. The van der Waals surface area contributed by atoms with Gasteiger partial charge in [-0.15, -0.1) is 0 Å². The fourth-order valence-corrected chi connectivity index (χ4v) is 3.47. The van der Waals surface area contributed by atoms with Crippen LogP contribution >= 0.6 is 11.8 Å². The number of aromatic nitrogens is 3. The van der Waals surface area contributed by atoms with Crippen LogP contribution in [0.4, 0.5) is 0 Å². The van der Waals surface area contributed by atoms with E-state index in [4.69, 9.17) is 0 Å². The van der Waals surface area contributed by atoms with Gasteiger partial charge in [-0.25, -0.2) is 4.98 Å². The molecule has 15 heavy (non-hydrogen) atoms. The summed E-state index contributed by atoms with van der Waals surface area (Å²) in [6.07, 6.45) is 5.29. The zero-order valence-corrected chi connectivity index (χ0v) is 10.1. The highest BCUT2D eigenvalue weighted by Crippen LogP contribution is 2.29. The SMILES string of the molecule is CNC(Cc1ncnn1C)C1CCCS1. The first-order valence-electron chi connectivity index (χ1n) is 5.43. The Labute approximate surface area is 94.8 Å². The van der Waals surface area contributed by atoms with E-state index < -0.39 is 0 Å². The van der Waals surface area contributed by atoms with Gasteiger partial charge in [0.1, 0.15) is 12.2 Å². The van der Waals surface area contributed by atoms with Crippen molar-refractivity contribution < 1.29 is 0 Å². The zero-order valence-electron chi connectivity index (χ0n) is 9.31. The Kier molecular flexibility index (Phi) is 3.64. The van der Waals surface area contributed by atoms with Crippen LogP contribution in [0.5, 0.6) is 0 Å². The summed E-state index contributed by atoms with van der Waals surface area (Å²) in [5.74, 6) is 2.38. The van der Waals surface area contributed by atoms with Gasteiger partial charge in [0.05, 0.1) is 0 Å². The third-order valence-electron chi connectivity index (χ3n) is 2.99. The minimum Gasteiger partial charge on any atom is -0.315 e. The van der Waals surface area contributed by atoms with Crippen LogP contribution in [0.25, 0.3) is 0 Å². The molecule has 0 radical (unpaired) electrons. The molecule has 0 amide bonds. The molecular weight excluding hydrogens is 208 g/mol. The Bertz CT molecular complexity index is 306. The van der Waals surface area contributed by atoms with Crippen molar-refractivity contribution in [2.75, 3.05) is 12.8 Å². The fourth-order valence-electron chi connectivity index (χ4n) is 2.04. The van der Waals surface area contributed by atoms with Crippen LogP contribution in [0.1, 0.15) is 18.7 Å². The number of thioether (sulfide) groups is 1. The van der Waals surface area contributed by atoms with E-state index in [2.05, 4.69) is 27.2 Å². The molecule has 1 N–H and O–H groups in total. The molecule has 0 saturated carbocycles. The topological polar surface area (TPSA) is 42.7 Å². The second-order valence-electron chi connectivity index (χ2n) is 3.95. The van der Waals surface area contributed by atoms with Crippen LogP contribution in [-0.2, 0) is 13.5 Å². The lowest BCUT2D eigenvalue weighted by atomic mass is 10.1. The van der Waals surface area contributed by atoms with Crippen LogP contribution in [0.2, 0.25) is 0 Å². The molecule has 1 fully saturated rings. The van der Waals surface area contributed by atoms with Gasteiger partial charge in [-0.2, -0.15) is 16.9 Å². The van der Waals surface area contributed by atoms with Gasteiger partial charge < -0.3 is 5.32 Å². The predicted octanol–water partition coefficient (Wildman–Crippen LogP) is 0.841. The maximum Gasteiger partial charge on any atom is 0.138 e. The lowest BCUT2D eigenvalue weighted by molar-refractivity contribution is 0.501. The molecule has 5 heteroatoms. The number of rotatable bonds is 4. The van der Waals surface area contributed by atoms with Gasteiger partial charge in [-0.1, -0.05) is 0 Å². The molecule has 0 aliphatic carbocycles. The smallest absolute Gasteiger partial charge is 0.138 e. The second-order valence-corrected chi connectivity index (χ2v) is 5.30. The van der Waals surface area contributed by atoms with E-state index in [1.54, 1.807) is 6.33 Å². The quantitative estimate of drug-likeness (QED) is 0.826. The van der Waals surface area contributed by atoms with Gasteiger partial charge in [0.25, 0.3) is 0 Å². The average Bonchev–Trinajstić information content (AvgIpc) is 2.86. The molecule has 2 heterocycles. The number of nitrogens with one attached hydrogen (secondary N) is 1. The van der Waals surface area contributed by atoms with Gasteiger partial charge in [0, 0.05) is 24.8 Å². The van der Waals surface area contributed by atoms with E-state index >= 15 is 0 Å². The second kappa shape index (κ2) is 4.99. The summed E-state index contributed by atoms with van der Waals surface area (Å²) in [6, 6.07) is 0.528. The number of likely N-dealkylation sites (N-methyl/N-ethyl adjacent to an activating group) is 1. The molecule has 1 aromatic rings. The van der Waals surface area contributed by atoms with Crippen LogP contribution in [-0.4, -0.2) is 38.9 Å². The van der Waals surface area contributed by atoms with Crippen LogP contribution in [0, 0.1) is 0 Å². The van der Waals surface area contributed by atoms with Gasteiger partial charge >= 0.3 is 0 Å². The largest absolute Gasteiger partial charge is 0.315 e. The Morgan fingerprint density at radius 1 is 1.73 bits per heavy atom. The van der Waals surface area contributed by atoms with Crippen molar-refractivity contribution in [3.8, 4) is 0 Å². The highest BCUT2D eigenvalue weighted by Gasteiger charge is 2.25. The third-order valence-corrected chi connectivity index (χ3v) is 4.51. The lowest BCUT2D eigenvalue weighted by Gasteiger charge is -2.21. The predicted molar refractivity (Wildman–Crippen MR) is 63.0 cm³/mol. The molecule has 0 bridgehead atoms. The molecule has 2 rings (SSSR count). The van der Waals surface area contributed by atoms with Crippen molar-refractivity contribution in [3.05, 3.63) is 12.2 Å². The van der Waals surface area contributed by atoms with Crippen molar-refractivity contribution >= 4 is 11.8 Å². The normalized spacial score (nSPS) is 23.2. The molecule has 1 saturated heterocycles. The van der Waals surface area contributed by atoms with Crippen LogP contribution in [0.15, 0.2) is 6.33 Å². The highest BCUT2D eigenvalue weighted by molar-refractivity contribution is 8.00. The molecule has 1 aliphatic heterocycles. The average molecular weight is 226 g/mol. The van der Waals surface area contributed by atoms with Crippen molar-refractivity contribution in [1.29, 1.82) is 0 Å². The van der Waals surface area contributed by atoms with E-state index in [9.17, 15) is 0 Å². The minimum absolute atomic E-state index is 0.528. The summed E-state index contributed by atoms with van der Waals surface area (Å²) in [5.41, 5.74) is 0. The van der Waals surface area contributed by atoms with Gasteiger partial charge in [-0.05, 0) is 25.6 Å². The van der Waals surface area contributed by atoms with Crippen molar-refractivity contribution in [2.24, 2.45) is 7.05 Å². The Morgan fingerprint density at radius 2 is 2.60 bits per heavy atom. The van der Waals surface area contributed by atoms with E-state index in [0.29, 0.717) is 6.04 Å².